The number of likely N-dealkylation sites (tertiary alicyclic amines) is 1. The van der Waals surface area contributed by atoms with E-state index in [4.69, 9.17) is 0 Å². The van der Waals surface area contributed by atoms with Gasteiger partial charge in [-0.3, -0.25) is 4.79 Å². The second kappa shape index (κ2) is 7.74. The maximum absolute atomic E-state index is 11.7. The highest BCUT2D eigenvalue weighted by Gasteiger charge is 2.20. The van der Waals surface area contributed by atoms with Crippen LogP contribution in [0.4, 0.5) is 0 Å². The van der Waals surface area contributed by atoms with Crippen LogP contribution >= 0.6 is 0 Å². The van der Waals surface area contributed by atoms with Gasteiger partial charge in [0, 0.05) is 25.0 Å². The first-order valence-corrected chi connectivity index (χ1v) is 7.21. The van der Waals surface area contributed by atoms with Crippen molar-refractivity contribution in [3.8, 4) is 0 Å². The molecule has 106 valence electrons. The van der Waals surface area contributed by atoms with Crippen molar-refractivity contribution in [3.63, 3.8) is 0 Å². The van der Waals surface area contributed by atoms with Gasteiger partial charge >= 0.3 is 0 Å². The molecule has 1 unspecified atom stereocenters. The molecule has 0 aromatic rings. The summed E-state index contributed by atoms with van der Waals surface area (Å²) in [5.74, 6) is 0.184. The lowest BCUT2D eigenvalue weighted by Gasteiger charge is -2.35. The van der Waals surface area contributed by atoms with Crippen molar-refractivity contribution < 1.29 is 4.79 Å². The summed E-state index contributed by atoms with van der Waals surface area (Å²) in [6, 6.07) is 0.948. The van der Waals surface area contributed by atoms with Gasteiger partial charge in [0.1, 0.15) is 0 Å². The fourth-order valence-electron chi connectivity index (χ4n) is 2.35. The fourth-order valence-corrected chi connectivity index (χ4v) is 2.35. The molecule has 1 aliphatic heterocycles. The summed E-state index contributed by atoms with van der Waals surface area (Å²) < 4.78 is 0. The zero-order valence-electron chi connectivity index (χ0n) is 12.4. The van der Waals surface area contributed by atoms with E-state index in [9.17, 15) is 4.79 Å². The molecule has 18 heavy (non-hydrogen) atoms. The predicted octanol–water partition coefficient (Wildman–Crippen LogP) is 1.32. The van der Waals surface area contributed by atoms with Gasteiger partial charge in [0.15, 0.2) is 0 Å². The van der Waals surface area contributed by atoms with Gasteiger partial charge in [-0.2, -0.15) is 0 Å². The van der Waals surface area contributed by atoms with E-state index in [0.29, 0.717) is 18.5 Å². The average Bonchev–Trinajstić information content (AvgIpc) is 2.36. The van der Waals surface area contributed by atoms with Gasteiger partial charge in [0.2, 0.25) is 5.91 Å². The Labute approximate surface area is 112 Å². The quantitative estimate of drug-likeness (QED) is 0.777. The van der Waals surface area contributed by atoms with Crippen LogP contribution in [-0.4, -0.2) is 61.5 Å². The zero-order chi connectivity index (χ0) is 13.5. The standard InChI is InChI=1S/C14H29N3O/c1-5-12(2)15-14(18)8-11-17(4)13-6-9-16(3)10-7-13/h12-13H,5-11H2,1-4H3,(H,15,18). The molecule has 1 N–H and O–H groups in total. The first-order valence-electron chi connectivity index (χ1n) is 7.21. The van der Waals surface area contributed by atoms with E-state index < -0.39 is 0 Å². The van der Waals surface area contributed by atoms with Crippen molar-refractivity contribution in [1.82, 2.24) is 15.1 Å². The first kappa shape index (κ1) is 15.4. The Kier molecular flexibility index (Phi) is 6.65. The molecule has 0 radical (unpaired) electrons. The molecule has 1 saturated heterocycles. The largest absolute Gasteiger partial charge is 0.354 e. The van der Waals surface area contributed by atoms with Crippen molar-refractivity contribution >= 4 is 5.91 Å². The average molecular weight is 255 g/mol. The minimum absolute atomic E-state index is 0.184. The number of rotatable bonds is 6. The Balaban J connectivity index is 2.20. The van der Waals surface area contributed by atoms with Crippen LogP contribution in [0.5, 0.6) is 0 Å². The maximum Gasteiger partial charge on any atom is 0.221 e. The van der Waals surface area contributed by atoms with Crippen molar-refractivity contribution in [2.45, 2.75) is 51.6 Å². The molecule has 4 heteroatoms. The third-order valence-corrected chi connectivity index (χ3v) is 4.02. The Bertz CT molecular complexity index is 249. The molecule has 1 atom stereocenters. The number of nitrogens with zero attached hydrogens (tertiary/aromatic N) is 2. The molecule has 0 aliphatic carbocycles. The van der Waals surface area contributed by atoms with E-state index >= 15 is 0 Å². The van der Waals surface area contributed by atoms with Gasteiger partial charge < -0.3 is 15.1 Å². The predicted molar refractivity (Wildman–Crippen MR) is 75.7 cm³/mol. The van der Waals surface area contributed by atoms with Gasteiger partial charge in [0.25, 0.3) is 0 Å². The van der Waals surface area contributed by atoms with Gasteiger partial charge in [-0.25, -0.2) is 0 Å². The molecule has 1 heterocycles. The van der Waals surface area contributed by atoms with Crippen LogP contribution in [0.15, 0.2) is 0 Å². The second-order valence-electron chi connectivity index (χ2n) is 5.64. The molecule has 1 fully saturated rings. The van der Waals surface area contributed by atoms with E-state index in [1.165, 1.54) is 25.9 Å². The third-order valence-electron chi connectivity index (χ3n) is 4.02. The van der Waals surface area contributed by atoms with Crippen molar-refractivity contribution in [2.24, 2.45) is 0 Å². The highest BCUT2D eigenvalue weighted by molar-refractivity contribution is 5.76. The van der Waals surface area contributed by atoms with Crippen LogP contribution in [-0.2, 0) is 4.79 Å². The van der Waals surface area contributed by atoms with Gasteiger partial charge in [-0.05, 0) is 53.4 Å². The van der Waals surface area contributed by atoms with E-state index in [0.717, 1.165) is 13.0 Å². The van der Waals surface area contributed by atoms with Crippen LogP contribution in [0.25, 0.3) is 0 Å². The molecule has 1 aliphatic rings. The molecule has 1 amide bonds. The number of carbonyl (C=O) groups excluding carboxylic acids is 1. The molecular formula is C14H29N3O. The zero-order valence-corrected chi connectivity index (χ0v) is 12.4. The second-order valence-corrected chi connectivity index (χ2v) is 5.64. The molecule has 0 aromatic carbocycles. The number of carbonyl (C=O) groups is 1. The monoisotopic (exact) mass is 255 g/mol. The molecule has 0 bridgehead atoms. The summed E-state index contributed by atoms with van der Waals surface area (Å²) in [7, 11) is 4.32. The van der Waals surface area contributed by atoms with Gasteiger partial charge in [-0.15, -0.1) is 0 Å². The number of piperidine rings is 1. The van der Waals surface area contributed by atoms with Crippen LogP contribution in [0.3, 0.4) is 0 Å². The summed E-state index contributed by atoms with van der Waals surface area (Å²) in [6.07, 6.45) is 4.06. The minimum atomic E-state index is 0.184. The van der Waals surface area contributed by atoms with Crippen LogP contribution in [0.1, 0.15) is 39.5 Å². The lowest BCUT2D eigenvalue weighted by Crippen LogP contribution is -2.43. The summed E-state index contributed by atoms with van der Waals surface area (Å²) in [6.45, 7) is 7.37. The molecular weight excluding hydrogens is 226 g/mol. The van der Waals surface area contributed by atoms with Crippen LogP contribution < -0.4 is 5.32 Å². The minimum Gasteiger partial charge on any atom is -0.354 e. The number of hydrogen-bond donors (Lipinski definition) is 1. The van der Waals surface area contributed by atoms with Crippen LogP contribution in [0.2, 0.25) is 0 Å². The highest BCUT2D eigenvalue weighted by Crippen LogP contribution is 2.14. The van der Waals surface area contributed by atoms with Crippen molar-refractivity contribution in [2.75, 3.05) is 33.7 Å². The number of amides is 1. The first-order chi connectivity index (χ1) is 8.52. The van der Waals surface area contributed by atoms with E-state index in [1.54, 1.807) is 0 Å². The molecule has 0 spiro atoms. The molecule has 4 nitrogen and oxygen atoms in total. The summed E-state index contributed by atoms with van der Waals surface area (Å²) >= 11 is 0. The number of nitrogens with one attached hydrogen (secondary N) is 1. The van der Waals surface area contributed by atoms with Crippen molar-refractivity contribution in [1.29, 1.82) is 0 Å². The topological polar surface area (TPSA) is 35.6 Å². The van der Waals surface area contributed by atoms with Gasteiger partial charge in [-0.1, -0.05) is 6.92 Å². The summed E-state index contributed by atoms with van der Waals surface area (Å²) in [5, 5.41) is 3.02. The summed E-state index contributed by atoms with van der Waals surface area (Å²) in [5.41, 5.74) is 0. The van der Waals surface area contributed by atoms with E-state index in [1.807, 2.05) is 0 Å². The SMILES string of the molecule is CCC(C)NC(=O)CCN(C)C1CCN(C)CC1. The third kappa shape index (κ3) is 5.36. The van der Waals surface area contributed by atoms with Crippen LogP contribution in [0, 0.1) is 0 Å². The number of hydrogen-bond acceptors (Lipinski definition) is 3. The molecule has 1 rings (SSSR count). The Morgan fingerprint density at radius 2 is 2.06 bits per heavy atom. The fraction of sp³-hybridized carbons (Fsp3) is 0.929. The molecule has 0 saturated carbocycles. The normalized spacial score (nSPS) is 20.1. The van der Waals surface area contributed by atoms with Gasteiger partial charge in [0.05, 0.1) is 0 Å². The van der Waals surface area contributed by atoms with E-state index in [2.05, 4.69) is 43.1 Å². The lowest BCUT2D eigenvalue weighted by atomic mass is 10.0. The Hall–Kier alpha value is -0.610. The smallest absolute Gasteiger partial charge is 0.221 e. The molecule has 0 aromatic heterocycles. The highest BCUT2D eigenvalue weighted by atomic mass is 16.1. The van der Waals surface area contributed by atoms with Crippen molar-refractivity contribution in [3.05, 3.63) is 0 Å². The Morgan fingerprint density at radius 1 is 1.44 bits per heavy atom. The van der Waals surface area contributed by atoms with E-state index in [-0.39, 0.29) is 5.91 Å². The maximum atomic E-state index is 11.7. The lowest BCUT2D eigenvalue weighted by molar-refractivity contribution is -0.122. The Morgan fingerprint density at radius 3 is 2.61 bits per heavy atom. The summed E-state index contributed by atoms with van der Waals surface area (Å²) in [4.78, 5) is 16.4.